The van der Waals surface area contributed by atoms with Crippen molar-refractivity contribution in [1.82, 2.24) is 19.7 Å². The van der Waals surface area contributed by atoms with Gasteiger partial charge < -0.3 is 15.2 Å². The molecule has 0 spiro atoms. The molecule has 2 aromatic heterocycles. The highest BCUT2D eigenvalue weighted by Gasteiger charge is 2.24. The molecule has 0 radical (unpaired) electrons. The molecule has 0 amide bonds. The molecule has 27 heavy (non-hydrogen) atoms. The van der Waals surface area contributed by atoms with Gasteiger partial charge in [0.25, 0.3) is 0 Å². The highest BCUT2D eigenvalue weighted by molar-refractivity contribution is 7.97. The number of rotatable bonds is 5. The van der Waals surface area contributed by atoms with Gasteiger partial charge in [-0.1, -0.05) is 13.8 Å². The molecule has 1 fully saturated rings. The van der Waals surface area contributed by atoms with Crippen molar-refractivity contribution < 1.29 is 0 Å². The molecule has 1 aliphatic rings. The second-order valence-corrected chi connectivity index (χ2v) is 8.51. The Morgan fingerprint density at radius 3 is 2.74 bits per heavy atom. The first-order chi connectivity index (χ1) is 13.1. The van der Waals surface area contributed by atoms with E-state index in [1.165, 1.54) is 17.0 Å². The lowest BCUT2D eigenvalue weighted by molar-refractivity contribution is 0.357. The van der Waals surface area contributed by atoms with Crippen LogP contribution < -0.4 is 14.9 Å². The number of fused-ring (bicyclic) bond motifs is 1. The summed E-state index contributed by atoms with van der Waals surface area (Å²) >= 11 is 1.61. The molecule has 6 nitrogen and oxygen atoms in total. The number of piperidine rings is 1. The Kier molecular flexibility index (Phi) is 5.22. The molecule has 3 heterocycles. The lowest BCUT2D eigenvalue weighted by Crippen LogP contribution is -2.39. The Balaban J connectivity index is 1.72. The topological polar surface area (TPSA) is 68.9 Å². The Hall–Kier alpha value is -2.25. The molecule has 0 bridgehead atoms. The zero-order valence-corrected chi connectivity index (χ0v) is 16.8. The van der Waals surface area contributed by atoms with Crippen molar-refractivity contribution in [2.45, 2.75) is 25.2 Å². The summed E-state index contributed by atoms with van der Waals surface area (Å²) in [5.41, 5.74) is 3.16. The summed E-state index contributed by atoms with van der Waals surface area (Å²) in [5.74, 6) is 2.22. The molecule has 0 saturated carbocycles. The first-order valence-electron chi connectivity index (χ1n) is 9.41. The van der Waals surface area contributed by atoms with Crippen LogP contribution in [0.15, 0.2) is 41.7 Å². The maximum Gasteiger partial charge on any atom is 0.143 e. The molecule has 4 rings (SSSR count). The fourth-order valence-corrected chi connectivity index (χ4v) is 4.58. The Morgan fingerprint density at radius 2 is 1.96 bits per heavy atom. The molecule has 3 aromatic rings. The summed E-state index contributed by atoms with van der Waals surface area (Å²) in [6.07, 6.45) is 4.79. The predicted molar refractivity (Wildman–Crippen MR) is 114 cm³/mol. The monoisotopic (exact) mass is 382 g/mol. The smallest absolute Gasteiger partial charge is 0.143 e. The van der Waals surface area contributed by atoms with Gasteiger partial charge in [-0.3, -0.25) is 4.72 Å². The molecule has 1 aliphatic heterocycles. The number of nitrogens with one attached hydrogen (secondary N) is 3. The second-order valence-electron chi connectivity index (χ2n) is 7.42. The van der Waals surface area contributed by atoms with Crippen molar-refractivity contribution in [3.8, 4) is 0 Å². The van der Waals surface area contributed by atoms with Crippen molar-refractivity contribution in [3.05, 3.63) is 36.8 Å². The van der Waals surface area contributed by atoms with Crippen molar-refractivity contribution in [1.29, 1.82) is 0 Å². The standard InChI is InChI=1S/C20H26N6S/c1-13-8-14(2)11-26(10-13)18-5-4-15(27-21-3)9-17(18)25-20-16-6-7-22-19(16)23-12-24-20/h4-7,9,12-14,21H,8,10-11H2,1-3H3,(H2,22,23,24,25). The number of hydrogen-bond donors (Lipinski definition) is 3. The van der Waals surface area contributed by atoms with Gasteiger partial charge >= 0.3 is 0 Å². The van der Waals surface area contributed by atoms with E-state index in [0.29, 0.717) is 11.8 Å². The minimum atomic E-state index is 0.698. The average molecular weight is 383 g/mol. The van der Waals surface area contributed by atoms with Crippen molar-refractivity contribution in [2.24, 2.45) is 11.8 Å². The van der Waals surface area contributed by atoms with Crippen LogP contribution in [-0.4, -0.2) is 35.1 Å². The zero-order chi connectivity index (χ0) is 18.8. The van der Waals surface area contributed by atoms with E-state index in [0.717, 1.165) is 35.6 Å². The molecule has 1 saturated heterocycles. The van der Waals surface area contributed by atoms with E-state index >= 15 is 0 Å². The molecule has 2 unspecified atom stereocenters. The number of H-pyrrole nitrogens is 1. The lowest BCUT2D eigenvalue weighted by Gasteiger charge is -2.37. The highest BCUT2D eigenvalue weighted by Crippen LogP contribution is 2.36. The Bertz CT molecular complexity index is 914. The molecular weight excluding hydrogens is 356 g/mol. The van der Waals surface area contributed by atoms with Gasteiger partial charge in [0.15, 0.2) is 0 Å². The van der Waals surface area contributed by atoms with E-state index in [4.69, 9.17) is 0 Å². The van der Waals surface area contributed by atoms with Crippen LogP contribution in [0.2, 0.25) is 0 Å². The predicted octanol–water partition coefficient (Wildman–Crippen LogP) is 4.41. The summed E-state index contributed by atoms with van der Waals surface area (Å²) < 4.78 is 3.16. The molecular formula is C20H26N6S. The van der Waals surface area contributed by atoms with Gasteiger partial charge in [-0.25, -0.2) is 9.97 Å². The van der Waals surface area contributed by atoms with Crippen LogP contribution in [-0.2, 0) is 0 Å². The number of nitrogens with zero attached hydrogens (tertiary/aromatic N) is 3. The molecule has 0 aliphatic carbocycles. The average Bonchev–Trinajstić information content (AvgIpc) is 3.11. The minimum absolute atomic E-state index is 0.698. The number of hydrogen-bond acceptors (Lipinski definition) is 6. The summed E-state index contributed by atoms with van der Waals surface area (Å²) in [6, 6.07) is 8.61. The van der Waals surface area contributed by atoms with Crippen LogP contribution in [0, 0.1) is 11.8 Å². The van der Waals surface area contributed by atoms with E-state index in [1.807, 2.05) is 19.3 Å². The van der Waals surface area contributed by atoms with E-state index in [1.54, 1.807) is 18.3 Å². The normalized spacial score (nSPS) is 20.2. The largest absolute Gasteiger partial charge is 0.369 e. The fourth-order valence-electron chi connectivity index (χ4n) is 4.03. The van der Waals surface area contributed by atoms with Crippen LogP contribution in [0.1, 0.15) is 20.3 Å². The van der Waals surface area contributed by atoms with Crippen molar-refractivity contribution in [3.63, 3.8) is 0 Å². The molecule has 142 valence electrons. The third kappa shape index (κ3) is 3.89. The number of anilines is 3. The van der Waals surface area contributed by atoms with E-state index in [9.17, 15) is 0 Å². The fraction of sp³-hybridized carbons (Fsp3) is 0.400. The Morgan fingerprint density at radius 1 is 1.15 bits per heavy atom. The number of aromatic amines is 1. The van der Waals surface area contributed by atoms with Crippen LogP contribution in [0.4, 0.5) is 17.2 Å². The number of aromatic nitrogens is 3. The third-order valence-corrected chi connectivity index (χ3v) is 5.70. The van der Waals surface area contributed by atoms with Crippen LogP contribution >= 0.6 is 11.9 Å². The summed E-state index contributed by atoms with van der Waals surface area (Å²) in [4.78, 5) is 15.6. The van der Waals surface area contributed by atoms with E-state index in [-0.39, 0.29) is 0 Å². The van der Waals surface area contributed by atoms with E-state index in [2.05, 4.69) is 61.9 Å². The summed E-state index contributed by atoms with van der Waals surface area (Å²) in [6.45, 7) is 6.85. The van der Waals surface area contributed by atoms with E-state index < -0.39 is 0 Å². The summed E-state index contributed by atoms with van der Waals surface area (Å²) in [5, 5.41) is 4.57. The van der Waals surface area contributed by atoms with Gasteiger partial charge in [-0.15, -0.1) is 0 Å². The van der Waals surface area contributed by atoms with Gasteiger partial charge in [0, 0.05) is 24.2 Å². The molecule has 1 aromatic carbocycles. The maximum absolute atomic E-state index is 4.48. The number of benzene rings is 1. The van der Waals surface area contributed by atoms with Crippen LogP contribution in [0.5, 0.6) is 0 Å². The Labute approximate surface area is 164 Å². The van der Waals surface area contributed by atoms with Crippen LogP contribution in [0.3, 0.4) is 0 Å². The maximum atomic E-state index is 4.48. The van der Waals surface area contributed by atoms with Gasteiger partial charge in [0.2, 0.25) is 0 Å². The highest BCUT2D eigenvalue weighted by atomic mass is 32.2. The van der Waals surface area contributed by atoms with Gasteiger partial charge in [0.05, 0.1) is 16.8 Å². The van der Waals surface area contributed by atoms with Crippen molar-refractivity contribution >= 4 is 40.2 Å². The second kappa shape index (κ2) is 7.78. The van der Waals surface area contributed by atoms with Gasteiger partial charge in [-0.05, 0) is 61.5 Å². The van der Waals surface area contributed by atoms with Crippen molar-refractivity contribution in [2.75, 3.05) is 30.4 Å². The zero-order valence-electron chi connectivity index (χ0n) is 16.0. The van der Waals surface area contributed by atoms with Gasteiger partial charge in [-0.2, -0.15) is 0 Å². The first kappa shape index (κ1) is 18.1. The third-order valence-electron chi connectivity index (χ3n) is 5.00. The molecule has 7 heteroatoms. The first-order valence-corrected chi connectivity index (χ1v) is 10.2. The molecule has 3 N–H and O–H groups in total. The SMILES string of the molecule is CNSc1ccc(N2CC(C)CC(C)C2)c(Nc2ncnc3[nH]ccc23)c1. The van der Waals surface area contributed by atoms with Crippen LogP contribution in [0.25, 0.3) is 11.0 Å². The quantitative estimate of drug-likeness (QED) is 0.568. The lowest BCUT2D eigenvalue weighted by atomic mass is 9.91. The minimum Gasteiger partial charge on any atom is -0.369 e. The molecule has 2 atom stereocenters. The van der Waals surface area contributed by atoms with Gasteiger partial charge in [0.1, 0.15) is 17.8 Å². The summed E-state index contributed by atoms with van der Waals surface area (Å²) in [7, 11) is 1.94.